The fourth-order valence-corrected chi connectivity index (χ4v) is 6.55. The van der Waals surface area contributed by atoms with Crippen molar-refractivity contribution >= 4 is 5.69 Å². The van der Waals surface area contributed by atoms with Crippen LogP contribution in [0, 0.1) is 0 Å². The van der Waals surface area contributed by atoms with Gasteiger partial charge in [0.15, 0.2) is 18.9 Å². The molecule has 3 heterocycles. The lowest BCUT2D eigenvalue weighted by Gasteiger charge is -2.44. The van der Waals surface area contributed by atoms with Crippen LogP contribution in [0.15, 0.2) is 30.3 Å². The van der Waals surface area contributed by atoms with Gasteiger partial charge in [0, 0.05) is 37.4 Å². The van der Waals surface area contributed by atoms with Crippen LogP contribution in [0.5, 0.6) is 0 Å². The number of nitrogens with two attached hydrogens (primary N) is 5. The summed E-state index contributed by atoms with van der Waals surface area (Å²) in [5.41, 5.74) is 31.8. The number of aliphatic hydroxyl groups excluding tert-OH is 6. The minimum atomic E-state index is -1.57. The molecule has 18 nitrogen and oxygen atoms in total. The van der Waals surface area contributed by atoms with E-state index in [2.05, 4.69) is 0 Å². The highest BCUT2D eigenvalue weighted by atomic mass is 16.8. The average molecular weight is 675 g/mol. The molecule has 1 saturated carbocycles. The largest absolute Gasteiger partial charge is 0.394 e. The molecule has 5 rings (SSSR count). The maximum atomic E-state index is 11.3. The molecule has 3 saturated heterocycles. The minimum Gasteiger partial charge on any atom is -0.394 e. The smallest absolute Gasteiger partial charge is 0.187 e. The van der Waals surface area contributed by atoms with Crippen LogP contribution >= 0.6 is 0 Å². The molecule has 17 atom stereocenters. The number of rotatable bonds is 10. The van der Waals surface area contributed by atoms with E-state index >= 15 is 0 Å². The van der Waals surface area contributed by atoms with Gasteiger partial charge in [0.05, 0.1) is 31.4 Å². The summed E-state index contributed by atoms with van der Waals surface area (Å²) in [6.45, 7) is -0.442. The number of aliphatic hydroxyl groups is 6. The second-order valence-corrected chi connectivity index (χ2v) is 12.6. The van der Waals surface area contributed by atoms with Gasteiger partial charge in [-0.05, 0) is 18.6 Å². The molecule has 268 valence electrons. The first-order valence-electron chi connectivity index (χ1n) is 15.9. The lowest BCUT2D eigenvalue weighted by atomic mass is 9.84. The van der Waals surface area contributed by atoms with Crippen LogP contribution in [0.1, 0.15) is 6.42 Å². The van der Waals surface area contributed by atoms with Crippen molar-refractivity contribution in [3.63, 3.8) is 0 Å². The molecule has 1 aromatic carbocycles. The van der Waals surface area contributed by atoms with E-state index in [1.807, 2.05) is 35.2 Å². The highest BCUT2D eigenvalue weighted by molar-refractivity contribution is 5.46. The molecule has 18 heteroatoms. The van der Waals surface area contributed by atoms with Crippen LogP contribution in [-0.2, 0) is 28.4 Å². The Labute approximate surface area is 272 Å². The van der Waals surface area contributed by atoms with Crippen LogP contribution in [0.2, 0.25) is 0 Å². The number of hydrogen-bond donors (Lipinski definition) is 11. The van der Waals surface area contributed by atoms with Gasteiger partial charge in [-0.2, -0.15) is 0 Å². The number of para-hydroxylation sites is 1. The molecule has 0 spiro atoms. The van der Waals surface area contributed by atoms with Crippen LogP contribution in [0.25, 0.3) is 0 Å². The zero-order chi connectivity index (χ0) is 34.0. The molecule has 0 bridgehead atoms. The Morgan fingerprint density at radius 3 is 1.98 bits per heavy atom. The first kappa shape index (κ1) is 36.6. The second-order valence-electron chi connectivity index (χ2n) is 12.6. The molecule has 16 N–H and O–H groups in total. The normalized spacial score (nSPS) is 46.4. The molecule has 0 radical (unpaired) electrons. The molecule has 47 heavy (non-hydrogen) atoms. The summed E-state index contributed by atoms with van der Waals surface area (Å²) in [6, 6.07) is 5.96. The molecule has 1 aromatic rings. The summed E-state index contributed by atoms with van der Waals surface area (Å²) < 4.78 is 35.8. The monoisotopic (exact) mass is 674 g/mol. The fourth-order valence-electron chi connectivity index (χ4n) is 6.55. The molecule has 4 fully saturated rings. The van der Waals surface area contributed by atoms with Crippen molar-refractivity contribution in [2.75, 3.05) is 37.7 Å². The van der Waals surface area contributed by atoms with E-state index in [1.54, 1.807) is 0 Å². The van der Waals surface area contributed by atoms with Crippen molar-refractivity contribution in [3.05, 3.63) is 30.3 Å². The van der Waals surface area contributed by atoms with E-state index in [-0.39, 0.29) is 19.6 Å². The molecular weight excluding hydrogens is 624 g/mol. The molecule has 3 aliphatic heterocycles. The second kappa shape index (κ2) is 15.9. The first-order valence-corrected chi connectivity index (χ1v) is 15.9. The molecule has 0 unspecified atom stereocenters. The maximum Gasteiger partial charge on any atom is 0.187 e. The molecular formula is C29H50N6O12. The van der Waals surface area contributed by atoms with Crippen molar-refractivity contribution in [3.8, 4) is 0 Å². The van der Waals surface area contributed by atoms with E-state index in [4.69, 9.17) is 57.1 Å². The van der Waals surface area contributed by atoms with Crippen molar-refractivity contribution in [2.45, 2.75) is 110 Å². The minimum absolute atomic E-state index is 0.150. The zero-order valence-electron chi connectivity index (χ0n) is 25.9. The van der Waals surface area contributed by atoms with Gasteiger partial charge in [-0.25, -0.2) is 0 Å². The van der Waals surface area contributed by atoms with Gasteiger partial charge in [0.2, 0.25) is 0 Å². The Hall–Kier alpha value is -1.66. The van der Waals surface area contributed by atoms with Crippen LogP contribution in [0.3, 0.4) is 0 Å². The van der Waals surface area contributed by atoms with Gasteiger partial charge in [-0.15, -0.1) is 0 Å². The van der Waals surface area contributed by atoms with Gasteiger partial charge in [0.1, 0.15) is 54.9 Å². The zero-order valence-corrected chi connectivity index (χ0v) is 25.9. The third-order valence-corrected chi connectivity index (χ3v) is 9.25. The Kier molecular flexibility index (Phi) is 12.4. The van der Waals surface area contributed by atoms with E-state index in [9.17, 15) is 30.6 Å². The number of hydrogen-bond acceptors (Lipinski definition) is 18. The Bertz CT molecular complexity index is 1120. The Morgan fingerprint density at radius 2 is 1.32 bits per heavy atom. The third-order valence-electron chi connectivity index (χ3n) is 9.25. The predicted octanol–water partition coefficient (Wildman–Crippen LogP) is -6.08. The molecule has 0 amide bonds. The summed E-state index contributed by atoms with van der Waals surface area (Å²) in [5.74, 6) is 0. The van der Waals surface area contributed by atoms with Gasteiger partial charge in [0.25, 0.3) is 0 Å². The standard InChI is InChI=1S/C29H50N6O12/c30-7-17-21(39)22(40)19(34)28(43-17)46-25-18(11-37)44-29(23(25)41)47-26-20(38)14(31)6-15(32)24(26)45-27-16(33)9-35(8-13(10-36)42-27)12-4-2-1-3-5-12/h1-5,13-29,36-41H,6-11,30-34H2/t13-,14+,15-,16+,17-,18+,19+,20-,21+,22+,23+,24+,25+,26+,27+,28+,29-/m0/s1. The number of nitrogens with zero attached hydrogens (tertiary/aromatic N) is 1. The topological polar surface area (TPSA) is 310 Å². The van der Waals surface area contributed by atoms with Crippen LogP contribution in [0.4, 0.5) is 5.69 Å². The van der Waals surface area contributed by atoms with E-state index in [0.717, 1.165) is 5.69 Å². The van der Waals surface area contributed by atoms with E-state index in [0.29, 0.717) is 13.1 Å². The lowest BCUT2D eigenvalue weighted by molar-refractivity contribution is -0.284. The van der Waals surface area contributed by atoms with Gasteiger partial charge < -0.3 is 92.6 Å². The first-order chi connectivity index (χ1) is 22.5. The van der Waals surface area contributed by atoms with Gasteiger partial charge in [-0.1, -0.05) is 18.2 Å². The maximum absolute atomic E-state index is 11.3. The number of ether oxygens (including phenoxy) is 6. The van der Waals surface area contributed by atoms with Crippen LogP contribution in [-0.4, -0.2) is 168 Å². The molecule has 1 aliphatic carbocycles. The summed E-state index contributed by atoms with van der Waals surface area (Å²) in [4.78, 5) is 1.98. The lowest BCUT2D eigenvalue weighted by Crippen LogP contribution is -2.65. The van der Waals surface area contributed by atoms with Crippen molar-refractivity contribution in [1.29, 1.82) is 0 Å². The fraction of sp³-hybridized carbons (Fsp3) is 0.793. The molecule has 0 aromatic heterocycles. The third kappa shape index (κ3) is 7.89. The Balaban J connectivity index is 1.31. The van der Waals surface area contributed by atoms with E-state index < -0.39 is 111 Å². The number of anilines is 1. The predicted molar refractivity (Wildman–Crippen MR) is 163 cm³/mol. The summed E-state index contributed by atoms with van der Waals surface area (Å²) in [6.07, 6.45) is -15.9. The van der Waals surface area contributed by atoms with Gasteiger partial charge >= 0.3 is 0 Å². The van der Waals surface area contributed by atoms with Crippen molar-refractivity contribution in [1.82, 2.24) is 0 Å². The summed E-state index contributed by atoms with van der Waals surface area (Å²) in [5, 5.41) is 63.1. The van der Waals surface area contributed by atoms with E-state index in [1.165, 1.54) is 0 Å². The number of benzene rings is 1. The summed E-state index contributed by atoms with van der Waals surface area (Å²) >= 11 is 0. The highest BCUT2D eigenvalue weighted by Gasteiger charge is 2.53. The molecule has 4 aliphatic rings. The SMILES string of the molecule is NC[C@@H]1O[C@H](O[C@H]2[C@@H](O)[C@H](O[C@@H]3[C@@H](O)[C@H](N)C[C@H](N)[C@H]3O[C@H]3O[C@H](CO)CN(c4ccccc4)C[C@H]3N)O[C@@H]2CO)[C@H](N)[C@@H](O)[C@@H]1O. The quantitative estimate of drug-likeness (QED) is 0.110. The van der Waals surface area contributed by atoms with Gasteiger partial charge in [-0.3, -0.25) is 0 Å². The van der Waals surface area contributed by atoms with Crippen LogP contribution < -0.4 is 33.6 Å². The van der Waals surface area contributed by atoms with Crippen molar-refractivity contribution in [2.24, 2.45) is 28.7 Å². The summed E-state index contributed by atoms with van der Waals surface area (Å²) in [7, 11) is 0. The highest BCUT2D eigenvalue weighted by Crippen LogP contribution is 2.34. The average Bonchev–Trinajstić information content (AvgIpc) is 3.26. The Morgan fingerprint density at radius 1 is 0.660 bits per heavy atom. The van der Waals surface area contributed by atoms with Crippen molar-refractivity contribution < 1.29 is 59.1 Å².